The van der Waals surface area contributed by atoms with E-state index in [1.54, 1.807) is 6.92 Å². The molecule has 0 aliphatic carbocycles. The minimum Gasteiger partial charge on any atom is -0.467 e. The number of ether oxygens (including phenoxy) is 1. The van der Waals surface area contributed by atoms with Crippen molar-refractivity contribution in [3.8, 4) is 0 Å². The molecule has 1 N–H and O–H groups in total. The predicted molar refractivity (Wildman–Crippen MR) is 78.2 cm³/mol. The molecule has 1 unspecified atom stereocenters. The summed E-state index contributed by atoms with van der Waals surface area (Å²) in [4.78, 5) is 13.8. The van der Waals surface area contributed by atoms with E-state index in [9.17, 15) is 4.79 Å². The van der Waals surface area contributed by atoms with Gasteiger partial charge in [0.2, 0.25) is 0 Å². The van der Waals surface area contributed by atoms with Crippen LogP contribution in [-0.2, 0) is 16.1 Å². The minimum absolute atomic E-state index is 0.252. The van der Waals surface area contributed by atoms with Crippen LogP contribution in [0.1, 0.15) is 26.3 Å². The summed E-state index contributed by atoms with van der Waals surface area (Å²) in [5.74, 6) is -0.252. The molecule has 4 nitrogen and oxygen atoms in total. The van der Waals surface area contributed by atoms with Crippen molar-refractivity contribution >= 4 is 11.7 Å². The van der Waals surface area contributed by atoms with Gasteiger partial charge in [-0.25, -0.2) is 4.79 Å². The standard InChI is InChI=1S/C15H24N2O2/c1-5-17(6-2)11-13-9-7-8-10-14(13)16-12(3)15(18)19-4/h7-10,12,16H,5-6,11H2,1-4H3. The molecule has 1 aromatic rings. The van der Waals surface area contributed by atoms with E-state index >= 15 is 0 Å². The van der Waals surface area contributed by atoms with Gasteiger partial charge in [0.15, 0.2) is 0 Å². The second-order valence-corrected chi connectivity index (χ2v) is 4.51. The number of anilines is 1. The fourth-order valence-corrected chi connectivity index (χ4v) is 1.96. The summed E-state index contributed by atoms with van der Waals surface area (Å²) in [6, 6.07) is 7.73. The smallest absolute Gasteiger partial charge is 0.327 e. The van der Waals surface area contributed by atoms with Gasteiger partial charge in [-0.2, -0.15) is 0 Å². The Hall–Kier alpha value is -1.55. The molecule has 0 radical (unpaired) electrons. The van der Waals surface area contributed by atoms with E-state index in [2.05, 4.69) is 30.1 Å². The number of esters is 1. The number of rotatable bonds is 7. The highest BCUT2D eigenvalue weighted by Gasteiger charge is 2.14. The van der Waals surface area contributed by atoms with E-state index in [1.807, 2.05) is 18.2 Å². The van der Waals surface area contributed by atoms with Crippen molar-refractivity contribution in [2.75, 3.05) is 25.5 Å². The van der Waals surface area contributed by atoms with Crippen LogP contribution in [0.3, 0.4) is 0 Å². The third-order valence-corrected chi connectivity index (χ3v) is 3.23. The number of nitrogens with zero attached hydrogens (tertiary/aromatic N) is 1. The first-order valence-corrected chi connectivity index (χ1v) is 6.76. The average Bonchev–Trinajstić information content (AvgIpc) is 2.45. The van der Waals surface area contributed by atoms with Gasteiger partial charge in [0.1, 0.15) is 6.04 Å². The molecular weight excluding hydrogens is 240 g/mol. The maximum atomic E-state index is 11.5. The zero-order valence-corrected chi connectivity index (χ0v) is 12.3. The van der Waals surface area contributed by atoms with Crippen molar-refractivity contribution in [2.45, 2.75) is 33.4 Å². The van der Waals surface area contributed by atoms with E-state index in [0.29, 0.717) is 0 Å². The van der Waals surface area contributed by atoms with Gasteiger partial charge in [-0.05, 0) is 31.6 Å². The van der Waals surface area contributed by atoms with Gasteiger partial charge >= 0.3 is 5.97 Å². The molecule has 0 aliphatic heterocycles. The number of para-hydroxylation sites is 1. The molecule has 0 aromatic heterocycles. The summed E-state index contributed by atoms with van der Waals surface area (Å²) < 4.78 is 4.74. The Morgan fingerprint density at radius 2 is 1.95 bits per heavy atom. The predicted octanol–water partition coefficient (Wildman–Crippen LogP) is 2.50. The maximum Gasteiger partial charge on any atom is 0.327 e. The Morgan fingerprint density at radius 1 is 1.32 bits per heavy atom. The van der Waals surface area contributed by atoms with Crippen molar-refractivity contribution in [2.24, 2.45) is 0 Å². The van der Waals surface area contributed by atoms with Crippen molar-refractivity contribution in [3.63, 3.8) is 0 Å². The Labute approximate surface area is 115 Å². The highest BCUT2D eigenvalue weighted by Crippen LogP contribution is 2.18. The van der Waals surface area contributed by atoms with E-state index in [4.69, 9.17) is 4.74 Å². The topological polar surface area (TPSA) is 41.6 Å². The first-order valence-electron chi connectivity index (χ1n) is 6.76. The number of nitrogens with one attached hydrogen (secondary N) is 1. The summed E-state index contributed by atoms with van der Waals surface area (Å²) in [7, 11) is 1.41. The fourth-order valence-electron chi connectivity index (χ4n) is 1.96. The van der Waals surface area contributed by atoms with E-state index in [0.717, 1.165) is 25.3 Å². The monoisotopic (exact) mass is 264 g/mol. The summed E-state index contributed by atoms with van der Waals surface area (Å²) in [5.41, 5.74) is 2.19. The van der Waals surface area contributed by atoms with Gasteiger partial charge in [0.05, 0.1) is 7.11 Å². The Morgan fingerprint density at radius 3 is 2.53 bits per heavy atom. The summed E-state index contributed by atoms with van der Waals surface area (Å²) in [6.07, 6.45) is 0. The molecule has 0 spiro atoms. The van der Waals surface area contributed by atoms with Crippen molar-refractivity contribution in [1.29, 1.82) is 0 Å². The molecule has 4 heteroatoms. The lowest BCUT2D eigenvalue weighted by Crippen LogP contribution is -2.28. The second kappa shape index (κ2) is 7.79. The second-order valence-electron chi connectivity index (χ2n) is 4.51. The van der Waals surface area contributed by atoms with Gasteiger partial charge in [-0.15, -0.1) is 0 Å². The lowest BCUT2D eigenvalue weighted by atomic mass is 10.1. The summed E-state index contributed by atoms with van der Waals surface area (Å²) in [6.45, 7) is 9.01. The fraction of sp³-hybridized carbons (Fsp3) is 0.533. The lowest BCUT2D eigenvalue weighted by Gasteiger charge is -2.22. The molecule has 0 aliphatic rings. The van der Waals surface area contributed by atoms with Gasteiger partial charge in [0, 0.05) is 12.2 Å². The lowest BCUT2D eigenvalue weighted by molar-refractivity contribution is -0.141. The summed E-state index contributed by atoms with van der Waals surface area (Å²) >= 11 is 0. The van der Waals surface area contributed by atoms with Gasteiger partial charge < -0.3 is 10.1 Å². The Bertz CT molecular complexity index is 403. The molecule has 1 aromatic carbocycles. The molecule has 0 fully saturated rings. The zero-order valence-electron chi connectivity index (χ0n) is 12.3. The van der Waals surface area contributed by atoms with Gasteiger partial charge in [-0.1, -0.05) is 32.0 Å². The van der Waals surface area contributed by atoms with Crippen LogP contribution in [0.5, 0.6) is 0 Å². The molecule has 19 heavy (non-hydrogen) atoms. The van der Waals surface area contributed by atoms with E-state index in [-0.39, 0.29) is 12.0 Å². The quantitative estimate of drug-likeness (QED) is 0.768. The number of carbonyl (C=O) groups excluding carboxylic acids is 1. The molecule has 0 saturated heterocycles. The third-order valence-electron chi connectivity index (χ3n) is 3.23. The first-order chi connectivity index (χ1) is 9.12. The number of methoxy groups -OCH3 is 1. The van der Waals surface area contributed by atoms with E-state index in [1.165, 1.54) is 12.7 Å². The SMILES string of the molecule is CCN(CC)Cc1ccccc1NC(C)C(=O)OC. The van der Waals surface area contributed by atoms with E-state index < -0.39 is 0 Å². The number of carbonyl (C=O) groups is 1. The third kappa shape index (κ3) is 4.56. The highest BCUT2D eigenvalue weighted by atomic mass is 16.5. The molecule has 1 atom stereocenters. The van der Waals surface area contributed by atoms with Crippen molar-refractivity contribution in [3.05, 3.63) is 29.8 Å². The first kappa shape index (κ1) is 15.5. The normalized spacial score (nSPS) is 12.3. The van der Waals surface area contributed by atoms with Gasteiger partial charge in [0.25, 0.3) is 0 Å². The summed E-state index contributed by atoms with van der Waals surface area (Å²) in [5, 5.41) is 3.21. The van der Waals surface area contributed by atoms with Crippen LogP contribution in [0.4, 0.5) is 5.69 Å². The molecule has 0 saturated carbocycles. The van der Waals surface area contributed by atoms with Gasteiger partial charge in [-0.3, -0.25) is 4.90 Å². The Balaban J connectivity index is 2.80. The van der Waals surface area contributed by atoms with Crippen molar-refractivity contribution < 1.29 is 9.53 Å². The van der Waals surface area contributed by atoms with Crippen LogP contribution in [0, 0.1) is 0 Å². The van der Waals surface area contributed by atoms with Crippen LogP contribution >= 0.6 is 0 Å². The van der Waals surface area contributed by atoms with Crippen LogP contribution in [0.15, 0.2) is 24.3 Å². The van der Waals surface area contributed by atoms with Crippen LogP contribution in [-0.4, -0.2) is 37.1 Å². The van der Waals surface area contributed by atoms with Crippen LogP contribution in [0.2, 0.25) is 0 Å². The highest BCUT2D eigenvalue weighted by molar-refractivity contribution is 5.79. The van der Waals surface area contributed by atoms with Crippen LogP contribution < -0.4 is 5.32 Å². The number of hydrogen-bond acceptors (Lipinski definition) is 4. The van der Waals surface area contributed by atoms with Crippen molar-refractivity contribution in [1.82, 2.24) is 4.90 Å². The average molecular weight is 264 g/mol. The zero-order chi connectivity index (χ0) is 14.3. The molecule has 106 valence electrons. The molecule has 0 heterocycles. The largest absolute Gasteiger partial charge is 0.467 e. The Kier molecular flexibility index (Phi) is 6.36. The molecular formula is C15H24N2O2. The van der Waals surface area contributed by atoms with Crippen LogP contribution in [0.25, 0.3) is 0 Å². The maximum absolute atomic E-state index is 11.5. The molecule has 0 amide bonds. The molecule has 0 bridgehead atoms. The number of hydrogen-bond donors (Lipinski definition) is 1. The minimum atomic E-state index is -0.345. The number of benzene rings is 1. The molecule has 1 rings (SSSR count).